The Morgan fingerprint density at radius 2 is 1.91 bits per heavy atom. The lowest BCUT2D eigenvalue weighted by atomic mass is 10.1. The number of carbonyl (C=O) groups excluding carboxylic acids is 2. The third-order valence-corrected chi connectivity index (χ3v) is 3.81. The van der Waals surface area contributed by atoms with Gasteiger partial charge in [0.1, 0.15) is 12.6 Å². The van der Waals surface area contributed by atoms with E-state index in [-0.39, 0.29) is 19.1 Å². The fraction of sp³-hybridized carbons (Fsp3) is 0.412. The molecule has 0 N–H and O–H groups in total. The monoisotopic (exact) mass is 383 g/mol. The van der Waals surface area contributed by atoms with E-state index in [1.54, 1.807) is 13.0 Å². The molecule has 0 aliphatic rings. The van der Waals surface area contributed by atoms with Gasteiger partial charge in [-0.1, -0.05) is 22.0 Å². The Bertz CT molecular complexity index is 577. The van der Waals surface area contributed by atoms with Crippen molar-refractivity contribution < 1.29 is 19.1 Å². The quantitative estimate of drug-likeness (QED) is 0.412. The summed E-state index contributed by atoms with van der Waals surface area (Å²) in [4.78, 5) is 26.0. The first kappa shape index (κ1) is 19.4. The van der Waals surface area contributed by atoms with Crippen LogP contribution in [0.3, 0.4) is 0 Å². The van der Waals surface area contributed by atoms with E-state index in [2.05, 4.69) is 22.5 Å². The molecule has 0 aliphatic carbocycles. The molecule has 1 atom stereocenters. The molecular formula is C17H22BrNO4. The second kappa shape index (κ2) is 8.84. The van der Waals surface area contributed by atoms with Gasteiger partial charge in [0.05, 0.1) is 19.4 Å². The molecule has 1 unspecified atom stereocenters. The number of hydrogen-bond acceptors (Lipinski definition) is 4. The van der Waals surface area contributed by atoms with Crippen molar-refractivity contribution in [2.75, 3.05) is 25.2 Å². The van der Waals surface area contributed by atoms with Crippen LogP contribution in [-0.4, -0.2) is 38.2 Å². The van der Waals surface area contributed by atoms with Crippen molar-refractivity contribution in [2.24, 2.45) is 0 Å². The Kier molecular flexibility index (Phi) is 7.45. The molecule has 0 bridgehead atoms. The lowest BCUT2D eigenvalue weighted by Gasteiger charge is -2.30. The molecule has 23 heavy (non-hydrogen) atoms. The topological polar surface area (TPSA) is 55.8 Å². The molecule has 5 nitrogen and oxygen atoms in total. The molecule has 0 saturated heterocycles. The highest BCUT2D eigenvalue weighted by molar-refractivity contribution is 9.10. The molecule has 0 radical (unpaired) electrons. The molecule has 0 spiro atoms. The molecule has 6 heteroatoms. The minimum absolute atomic E-state index is 0.137. The van der Waals surface area contributed by atoms with Gasteiger partial charge in [0.2, 0.25) is 0 Å². The summed E-state index contributed by atoms with van der Waals surface area (Å²) < 4.78 is 11.0. The van der Waals surface area contributed by atoms with Crippen molar-refractivity contribution in [3.8, 4) is 0 Å². The Labute approximate surface area is 145 Å². The number of amides is 1. The van der Waals surface area contributed by atoms with E-state index in [0.29, 0.717) is 5.69 Å². The summed E-state index contributed by atoms with van der Waals surface area (Å²) in [6.45, 7) is 9.10. The van der Waals surface area contributed by atoms with E-state index < -0.39 is 12.0 Å². The van der Waals surface area contributed by atoms with Crippen LogP contribution in [-0.2, 0) is 19.1 Å². The minimum atomic E-state index is -0.751. The molecule has 0 aromatic heterocycles. The molecule has 1 rings (SSSR count). The first-order valence-electron chi connectivity index (χ1n) is 7.18. The number of ether oxygens (including phenoxy) is 2. The highest BCUT2D eigenvalue weighted by Crippen LogP contribution is 2.30. The maximum absolute atomic E-state index is 12.6. The van der Waals surface area contributed by atoms with Gasteiger partial charge < -0.3 is 9.47 Å². The summed E-state index contributed by atoms with van der Waals surface area (Å²) in [5.41, 5.74) is 2.45. The zero-order chi connectivity index (χ0) is 17.6. The molecule has 1 amide bonds. The van der Waals surface area contributed by atoms with Crippen LogP contribution in [0.5, 0.6) is 0 Å². The van der Waals surface area contributed by atoms with Gasteiger partial charge in [-0.05, 0) is 44.0 Å². The van der Waals surface area contributed by atoms with Crippen LogP contribution in [0, 0.1) is 13.8 Å². The zero-order valence-corrected chi connectivity index (χ0v) is 15.5. The zero-order valence-electron chi connectivity index (χ0n) is 13.9. The van der Waals surface area contributed by atoms with Crippen LogP contribution >= 0.6 is 15.9 Å². The molecule has 1 aromatic rings. The second-order valence-electron chi connectivity index (χ2n) is 5.15. The smallest absolute Gasteiger partial charge is 0.328 e. The summed E-state index contributed by atoms with van der Waals surface area (Å²) in [7, 11) is 1.30. The third kappa shape index (κ3) is 4.91. The molecule has 0 fully saturated rings. The number of benzene rings is 1. The van der Waals surface area contributed by atoms with Gasteiger partial charge in [0.25, 0.3) is 5.91 Å². The van der Waals surface area contributed by atoms with Crippen LogP contribution in [0.25, 0.3) is 0 Å². The predicted molar refractivity (Wildman–Crippen MR) is 93.6 cm³/mol. The number of aryl methyl sites for hydroxylation is 2. The van der Waals surface area contributed by atoms with Gasteiger partial charge in [-0.3, -0.25) is 9.69 Å². The lowest BCUT2D eigenvalue weighted by Crippen LogP contribution is -2.46. The standard InChI is InChI=1S/C17H22BrNO4/c1-6-7-23-10-15(20)19(13(4)17(21)22-5)16-11(2)8-14(18)9-12(16)3/h6,8-9,13H,1,7,10H2,2-5H3. The number of methoxy groups -OCH3 is 1. The predicted octanol–water partition coefficient (Wildman–Crippen LogP) is 3.16. The maximum atomic E-state index is 12.6. The van der Waals surface area contributed by atoms with E-state index >= 15 is 0 Å². The SMILES string of the molecule is C=CCOCC(=O)N(c1c(C)cc(Br)cc1C)C(C)C(=O)OC. The van der Waals surface area contributed by atoms with Crippen LogP contribution in [0.2, 0.25) is 0 Å². The van der Waals surface area contributed by atoms with E-state index in [0.717, 1.165) is 15.6 Å². The Morgan fingerprint density at radius 1 is 1.35 bits per heavy atom. The fourth-order valence-corrected chi connectivity index (χ4v) is 3.08. The third-order valence-electron chi connectivity index (χ3n) is 3.36. The Hall–Kier alpha value is -1.66. The van der Waals surface area contributed by atoms with Gasteiger partial charge in [-0.15, -0.1) is 6.58 Å². The van der Waals surface area contributed by atoms with Crippen LogP contribution in [0.1, 0.15) is 18.1 Å². The molecule has 1 aromatic carbocycles. The van der Waals surface area contributed by atoms with E-state index in [1.165, 1.54) is 12.0 Å². The first-order valence-corrected chi connectivity index (χ1v) is 7.98. The Morgan fingerprint density at radius 3 is 2.39 bits per heavy atom. The van der Waals surface area contributed by atoms with E-state index in [9.17, 15) is 9.59 Å². The highest BCUT2D eigenvalue weighted by Gasteiger charge is 2.30. The molecule has 0 saturated carbocycles. The minimum Gasteiger partial charge on any atom is -0.467 e. The first-order chi connectivity index (χ1) is 10.8. The van der Waals surface area contributed by atoms with Crippen molar-refractivity contribution in [1.82, 2.24) is 0 Å². The molecule has 0 heterocycles. The van der Waals surface area contributed by atoms with Crippen LogP contribution in [0.15, 0.2) is 29.3 Å². The van der Waals surface area contributed by atoms with Crippen molar-refractivity contribution in [1.29, 1.82) is 0 Å². The van der Waals surface area contributed by atoms with Crippen LogP contribution in [0.4, 0.5) is 5.69 Å². The number of esters is 1. The lowest BCUT2D eigenvalue weighted by molar-refractivity contribution is -0.143. The average Bonchev–Trinajstić information content (AvgIpc) is 2.49. The van der Waals surface area contributed by atoms with Crippen LogP contribution < -0.4 is 4.90 Å². The molecule has 126 valence electrons. The highest BCUT2D eigenvalue weighted by atomic mass is 79.9. The van der Waals surface area contributed by atoms with Gasteiger partial charge in [0, 0.05) is 4.47 Å². The van der Waals surface area contributed by atoms with Gasteiger partial charge in [-0.25, -0.2) is 4.79 Å². The number of anilines is 1. The van der Waals surface area contributed by atoms with Gasteiger partial charge in [0.15, 0.2) is 0 Å². The van der Waals surface area contributed by atoms with E-state index in [1.807, 2.05) is 26.0 Å². The summed E-state index contributed by atoms with van der Waals surface area (Å²) in [5, 5.41) is 0. The number of rotatable bonds is 7. The number of carbonyl (C=O) groups is 2. The summed E-state index contributed by atoms with van der Waals surface area (Å²) in [5.74, 6) is -0.790. The van der Waals surface area contributed by atoms with Crippen molar-refractivity contribution in [3.63, 3.8) is 0 Å². The number of halogens is 1. The average molecular weight is 384 g/mol. The normalized spacial score (nSPS) is 11.7. The maximum Gasteiger partial charge on any atom is 0.328 e. The van der Waals surface area contributed by atoms with Gasteiger partial charge in [-0.2, -0.15) is 0 Å². The number of hydrogen-bond donors (Lipinski definition) is 0. The molecule has 0 aliphatic heterocycles. The summed E-state index contributed by atoms with van der Waals surface area (Å²) >= 11 is 3.43. The second-order valence-corrected chi connectivity index (χ2v) is 6.07. The van der Waals surface area contributed by atoms with Crippen molar-refractivity contribution in [3.05, 3.63) is 40.4 Å². The fourth-order valence-electron chi connectivity index (χ4n) is 2.39. The molecular weight excluding hydrogens is 362 g/mol. The van der Waals surface area contributed by atoms with Crippen molar-refractivity contribution in [2.45, 2.75) is 26.8 Å². The number of nitrogens with zero attached hydrogens (tertiary/aromatic N) is 1. The largest absolute Gasteiger partial charge is 0.467 e. The Balaban J connectivity index is 3.26. The summed E-state index contributed by atoms with van der Waals surface area (Å²) in [6, 6.07) is 3.05. The van der Waals surface area contributed by atoms with Gasteiger partial charge >= 0.3 is 5.97 Å². The van der Waals surface area contributed by atoms with Crippen molar-refractivity contribution >= 4 is 33.5 Å². The summed E-state index contributed by atoms with van der Waals surface area (Å²) in [6.07, 6.45) is 1.57. The van der Waals surface area contributed by atoms with E-state index in [4.69, 9.17) is 9.47 Å².